The predicted molar refractivity (Wildman–Crippen MR) is 153 cm³/mol. The van der Waals surface area contributed by atoms with Crippen LogP contribution in [-0.4, -0.2) is 126 Å². The van der Waals surface area contributed by atoms with Gasteiger partial charge in [0.05, 0.1) is 6.54 Å². The third-order valence-corrected chi connectivity index (χ3v) is 7.91. The molecule has 0 aliphatic carbocycles. The van der Waals surface area contributed by atoms with Crippen molar-refractivity contribution in [2.75, 3.05) is 73.0 Å². The molecule has 0 amide bonds. The van der Waals surface area contributed by atoms with Gasteiger partial charge >= 0.3 is 11.9 Å². The van der Waals surface area contributed by atoms with Crippen LogP contribution >= 0.6 is 12.2 Å². The lowest BCUT2D eigenvalue weighted by molar-refractivity contribution is -0.144. The Kier molecular flexibility index (Phi) is 12.6. The topological polar surface area (TPSA) is 87.6 Å². The van der Waals surface area contributed by atoms with E-state index in [1.54, 1.807) is 0 Å². The van der Waals surface area contributed by atoms with E-state index in [0.29, 0.717) is 39.0 Å². The molecule has 2 N–H and O–H groups in total. The van der Waals surface area contributed by atoms with Crippen LogP contribution in [0.4, 0.5) is 0 Å². The van der Waals surface area contributed by atoms with E-state index < -0.39 is 18.0 Å². The average molecular weight is 535 g/mol. The summed E-state index contributed by atoms with van der Waals surface area (Å²) in [6.07, 6.45) is 1.93. The van der Waals surface area contributed by atoms with Gasteiger partial charge in [0.1, 0.15) is 6.04 Å². The molecular formula is C28H46N4O4S. The van der Waals surface area contributed by atoms with Crippen molar-refractivity contribution < 1.29 is 19.8 Å². The van der Waals surface area contributed by atoms with Gasteiger partial charge in [-0.25, -0.2) is 0 Å². The Morgan fingerprint density at radius 2 is 1.35 bits per heavy atom. The summed E-state index contributed by atoms with van der Waals surface area (Å²) >= 11 is 5.58. The smallest absolute Gasteiger partial charge is 0.320 e. The van der Waals surface area contributed by atoms with Crippen LogP contribution in [0.1, 0.15) is 38.3 Å². The fourth-order valence-corrected chi connectivity index (χ4v) is 4.54. The van der Waals surface area contributed by atoms with Crippen LogP contribution in [0.25, 0.3) is 0 Å². The Labute approximate surface area is 228 Å². The van der Waals surface area contributed by atoms with Crippen LogP contribution in [-0.2, 0) is 22.4 Å². The van der Waals surface area contributed by atoms with Gasteiger partial charge in [-0.05, 0) is 43.5 Å². The highest BCUT2D eigenvalue weighted by molar-refractivity contribution is 7.80. The van der Waals surface area contributed by atoms with Crippen LogP contribution < -0.4 is 0 Å². The highest BCUT2D eigenvalue weighted by atomic mass is 32.1. The van der Waals surface area contributed by atoms with Gasteiger partial charge in [-0.3, -0.25) is 19.4 Å². The summed E-state index contributed by atoms with van der Waals surface area (Å²) in [5.41, 5.74) is 2.28. The Hall–Kier alpha value is -1.91. The van der Waals surface area contributed by atoms with E-state index in [4.69, 9.17) is 12.2 Å². The van der Waals surface area contributed by atoms with Crippen molar-refractivity contribution in [1.29, 1.82) is 0 Å². The number of hydrogen-bond acceptors (Lipinski definition) is 7. The van der Waals surface area contributed by atoms with E-state index in [-0.39, 0.29) is 12.0 Å². The quantitative estimate of drug-likeness (QED) is 0.464. The Morgan fingerprint density at radius 1 is 0.865 bits per heavy atom. The van der Waals surface area contributed by atoms with Gasteiger partial charge in [0.2, 0.25) is 0 Å². The summed E-state index contributed by atoms with van der Waals surface area (Å²) in [6.45, 7) is 12.0. The molecule has 1 aliphatic rings. The summed E-state index contributed by atoms with van der Waals surface area (Å²) in [5, 5.41) is 19.5. The van der Waals surface area contributed by atoms with Crippen molar-refractivity contribution in [3.8, 4) is 0 Å². The molecular weight excluding hydrogens is 488 g/mol. The molecule has 1 atom stereocenters. The molecule has 0 spiro atoms. The van der Waals surface area contributed by atoms with Gasteiger partial charge in [-0.1, -0.05) is 57.3 Å². The maximum atomic E-state index is 12.4. The number of aryl methyl sites for hydroxylation is 1. The van der Waals surface area contributed by atoms with Gasteiger partial charge in [-0.15, -0.1) is 0 Å². The molecule has 2 rings (SSSR count). The van der Waals surface area contributed by atoms with E-state index in [2.05, 4.69) is 68.9 Å². The normalized spacial score (nSPS) is 19.1. The molecule has 9 heteroatoms. The van der Waals surface area contributed by atoms with Crippen molar-refractivity contribution in [3.63, 3.8) is 0 Å². The fourth-order valence-electron chi connectivity index (χ4n) is 4.37. The number of hydrogen-bond donors (Lipinski definition) is 2. The number of carboxylic acid groups (broad SMARTS) is 2. The van der Waals surface area contributed by atoms with E-state index in [1.807, 2.05) is 9.80 Å². The molecule has 1 aromatic carbocycles. The first-order chi connectivity index (χ1) is 17.3. The molecule has 1 aromatic rings. The monoisotopic (exact) mass is 534 g/mol. The third-order valence-electron chi connectivity index (χ3n) is 7.15. The fraction of sp³-hybridized carbons (Fsp3) is 0.679. The lowest BCUT2D eigenvalue weighted by Crippen LogP contribution is -2.50. The van der Waals surface area contributed by atoms with Crippen LogP contribution in [0, 0.1) is 5.41 Å². The van der Waals surface area contributed by atoms with E-state index in [0.717, 1.165) is 43.0 Å². The molecule has 8 nitrogen and oxygen atoms in total. The lowest BCUT2D eigenvalue weighted by Gasteiger charge is -2.34. The maximum absolute atomic E-state index is 12.4. The Bertz CT molecular complexity index is 887. The van der Waals surface area contributed by atoms with Gasteiger partial charge in [0, 0.05) is 63.6 Å². The molecule has 1 fully saturated rings. The van der Waals surface area contributed by atoms with E-state index in [9.17, 15) is 19.8 Å². The van der Waals surface area contributed by atoms with Crippen LogP contribution in [0.3, 0.4) is 0 Å². The maximum Gasteiger partial charge on any atom is 0.320 e. The summed E-state index contributed by atoms with van der Waals surface area (Å²) < 4.78 is 0. The Balaban J connectivity index is 2.08. The van der Waals surface area contributed by atoms with Gasteiger partial charge in [-0.2, -0.15) is 0 Å². The van der Waals surface area contributed by atoms with Crippen molar-refractivity contribution in [3.05, 3.63) is 35.4 Å². The number of rotatable bonds is 9. The number of carboxylic acids is 2. The minimum absolute atomic E-state index is 0.00513. The zero-order valence-electron chi connectivity index (χ0n) is 23.3. The second-order valence-corrected chi connectivity index (χ2v) is 11.9. The molecule has 0 bridgehead atoms. The zero-order valence-corrected chi connectivity index (χ0v) is 24.1. The molecule has 1 aliphatic heterocycles. The largest absolute Gasteiger partial charge is 0.480 e. The number of thiocarbonyl (C=S) groups is 1. The number of carbonyl (C=O) groups is 2. The molecule has 1 saturated heterocycles. The zero-order chi connectivity index (χ0) is 27.6. The average Bonchev–Trinajstić information content (AvgIpc) is 2.81. The minimum Gasteiger partial charge on any atom is -0.480 e. The summed E-state index contributed by atoms with van der Waals surface area (Å²) in [4.78, 5) is 33.2. The lowest BCUT2D eigenvalue weighted by atomic mass is 9.88. The summed E-state index contributed by atoms with van der Waals surface area (Å²) in [6, 6.07) is 7.71. The highest BCUT2D eigenvalue weighted by Gasteiger charge is 2.27. The molecule has 0 saturated carbocycles. The Morgan fingerprint density at radius 3 is 1.89 bits per heavy atom. The van der Waals surface area contributed by atoms with Crippen LogP contribution in [0.5, 0.6) is 0 Å². The number of aliphatic carboxylic acids is 2. The first-order valence-electron chi connectivity index (χ1n) is 13.2. The molecule has 37 heavy (non-hydrogen) atoms. The molecule has 0 radical (unpaired) electrons. The van der Waals surface area contributed by atoms with E-state index >= 15 is 0 Å². The predicted octanol–water partition coefficient (Wildman–Crippen LogP) is 2.60. The van der Waals surface area contributed by atoms with Gasteiger partial charge < -0.3 is 20.0 Å². The third kappa shape index (κ3) is 11.6. The van der Waals surface area contributed by atoms with Crippen LogP contribution in [0.2, 0.25) is 0 Å². The highest BCUT2D eigenvalue weighted by Crippen LogP contribution is 2.20. The number of benzene rings is 1. The first kappa shape index (κ1) is 31.3. The molecule has 208 valence electrons. The van der Waals surface area contributed by atoms with Gasteiger partial charge in [0.25, 0.3) is 0 Å². The molecule has 0 aromatic heterocycles. The van der Waals surface area contributed by atoms with Gasteiger partial charge in [0.15, 0.2) is 0 Å². The van der Waals surface area contributed by atoms with Crippen molar-refractivity contribution >= 4 is 29.0 Å². The second kappa shape index (κ2) is 14.9. The number of nitrogens with zero attached hydrogens (tertiary/aromatic N) is 4. The standard InChI is InChI=1S/C28H46N4O4S/c1-28(2,3)25(37)20-23-8-6-22(7-9-23)10-11-24(27(35)36)32-18-15-30(5)13-12-29(4)14-16-31(17-19-32)21-26(33)34/h6-9,24H,10-21H2,1-5H3,(H,33,34)(H,35,36). The molecule has 1 unspecified atom stereocenters. The minimum atomic E-state index is -0.859. The van der Waals surface area contributed by atoms with Crippen molar-refractivity contribution in [2.24, 2.45) is 5.41 Å². The molecule has 1 heterocycles. The number of likely N-dealkylation sites (N-methyl/N-ethyl adjacent to an activating group) is 2. The van der Waals surface area contributed by atoms with Crippen molar-refractivity contribution in [2.45, 2.75) is 46.1 Å². The first-order valence-corrected chi connectivity index (χ1v) is 13.6. The van der Waals surface area contributed by atoms with Crippen molar-refractivity contribution in [1.82, 2.24) is 19.6 Å². The van der Waals surface area contributed by atoms with Crippen LogP contribution in [0.15, 0.2) is 24.3 Å². The summed E-state index contributed by atoms with van der Waals surface area (Å²) in [5.74, 6) is -1.69. The SMILES string of the molecule is CN1CCN(C)CCN(C(CCc2ccc(CC(=S)C(C)(C)C)cc2)C(=O)O)CCN(CC(=O)O)CC1. The summed E-state index contributed by atoms with van der Waals surface area (Å²) in [7, 11) is 4.12. The second-order valence-electron chi connectivity index (χ2n) is 11.4. The van der Waals surface area contributed by atoms with E-state index in [1.165, 1.54) is 5.56 Å².